The van der Waals surface area contributed by atoms with E-state index in [1.54, 1.807) is 0 Å². The Morgan fingerprint density at radius 3 is 2.69 bits per heavy atom. The van der Waals surface area contributed by atoms with Gasteiger partial charge in [-0.2, -0.15) is 0 Å². The molecule has 13 heavy (non-hydrogen) atoms. The monoisotopic (exact) mass is 253 g/mol. The average Bonchev–Trinajstić information content (AvgIpc) is 2.14. The summed E-state index contributed by atoms with van der Waals surface area (Å²) < 4.78 is 0. The summed E-state index contributed by atoms with van der Waals surface area (Å²) in [6.45, 7) is -0.189. The van der Waals surface area contributed by atoms with Gasteiger partial charge >= 0.3 is 0 Å². The predicted octanol–water partition coefficient (Wildman–Crippen LogP) is 0.0210. The van der Waals surface area contributed by atoms with Gasteiger partial charge in [0.15, 0.2) is 0 Å². The number of unbranched alkanes of at least 4 members (excludes halogenated alkanes) is 1. The van der Waals surface area contributed by atoms with Crippen molar-refractivity contribution in [1.82, 2.24) is 5.32 Å². The number of carbonyl (C=O) groups is 1. The van der Waals surface area contributed by atoms with Crippen molar-refractivity contribution in [3.8, 4) is 0 Å². The van der Waals surface area contributed by atoms with E-state index in [0.717, 1.165) is 18.2 Å². The Kier molecular flexibility index (Phi) is 8.38. The molecular formula is C8H16BrNO3. The standard InChI is InChI=1S/C8H16BrNO3/c9-4-2-1-3-8(13)10-5-7(12)6-11/h7,11-12H,1-6H2,(H,10,13). The Balaban J connectivity index is 3.30. The van der Waals surface area contributed by atoms with Crippen LogP contribution in [0.15, 0.2) is 0 Å². The Labute approximate surface area is 86.5 Å². The van der Waals surface area contributed by atoms with Gasteiger partial charge in [0.1, 0.15) is 0 Å². The van der Waals surface area contributed by atoms with Gasteiger partial charge in [0.25, 0.3) is 0 Å². The smallest absolute Gasteiger partial charge is 0.220 e. The average molecular weight is 254 g/mol. The summed E-state index contributed by atoms with van der Waals surface area (Å²) in [5, 5.41) is 20.8. The van der Waals surface area contributed by atoms with Crippen molar-refractivity contribution in [2.75, 3.05) is 18.5 Å². The van der Waals surface area contributed by atoms with E-state index in [4.69, 9.17) is 10.2 Å². The number of hydrogen-bond donors (Lipinski definition) is 3. The van der Waals surface area contributed by atoms with Crippen LogP contribution in [-0.4, -0.2) is 40.7 Å². The molecule has 1 atom stereocenters. The second-order valence-corrected chi connectivity index (χ2v) is 3.58. The number of alkyl halides is 1. The van der Waals surface area contributed by atoms with Crippen molar-refractivity contribution in [2.24, 2.45) is 0 Å². The first-order valence-corrected chi connectivity index (χ1v) is 5.44. The lowest BCUT2D eigenvalue weighted by Crippen LogP contribution is -2.33. The van der Waals surface area contributed by atoms with Crippen LogP contribution in [-0.2, 0) is 4.79 Å². The number of carbonyl (C=O) groups excluding carboxylic acids is 1. The molecule has 0 aromatic heterocycles. The van der Waals surface area contributed by atoms with Crippen molar-refractivity contribution in [3.05, 3.63) is 0 Å². The van der Waals surface area contributed by atoms with Gasteiger partial charge < -0.3 is 15.5 Å². The van der Waals surface area contributed by atoms with E-state index in [2.05, 4.69) is 21.2 Å². The van der Waals surface area contributed by atoms with Gasteiger partial charge in [0, 0.05) is 18.3 Å². The molecule has 0 aliphatic carbocycles. The summed E-state index contributed by atoms with van der Waals surface area (Å²) in [5.74, 6) is -0.0755. The molecule has 0 aromatic rings. The molecule has 0 radical (unpaired) electrons. The van der Waals surface area contributed by atoms with Crippen LogP contribution in [0.5, 0.6) is 0 Å². The summed E-state index contributed by atoms with van der Waals surface area (Å²) in [5.41, 5.74) is 0. The number of halogens is 1. The molecule has 0 aliphatic heterocycles. The fourth-order valence-corrected chi connectivity index (χ4v) is 1.16. The fourth-order valence-electron chi connectivity index (χ4n) is 0.765. The first kappa shape index (κ1) is 12.9. The van der Waals surface area contributed by atoms with Crippen LogP contribution in [0.4, 0.5) is 0 Å². The van der Waals surface area contributed by atoms with Crippen molar-refractivity contribution >= 4 is 21.8 Å². The van der Waals surface area contributed by atoms with Gasteiger partial charge in [-0.25, -0.2) is 0 Å². The topological polar surface area (TPSA) is 69.6 Å². The van der Waals surface area contributed by atoms with Crippen molar-refractivity contribution < 1.29 is 15.0 Å². The zero-order valence-corrected chi connectivity index (χ0v) is 9.09. The zero-order chi connectivity index (χ0) is 10.1. The first-order valence-electron chi connectivity index (χ1n) is 4.32. The highest BCUT2D eigenvalue weighted by Crippen LogP contribution is 1.97. The molecule has 5 heteroatoms. The van der Waals surface area contributed by atoms with E-state index < -0.39 is 6.10 Å². The Morgan fingerprint density at radius 2 is 2.15 bits per heavy atom. The number of aliphatic hydroxyl groups excluding tert-OH is 2. The molecular weight excluding hydrogens is 238 g/mol. The maximum Gasteiger partial charge on any atom is 0.220 e. The molecule has 0 saturated heterocycles. The highest BCUT2D eigenvalue weighted by molar-refractivity contribution is 9.09. The SMILES string of the molecule is O=C(CCCCBr)NCC(O)CO. The summed E-state index contributed by atoms with van der Waals surface area (Å²) in [4.78, 5) is 11.0. The van der Waals surface area contributed by atoms with Gasteiger partial charge in [-0.1, -0.05) is 15.9 Å². The van der Waals surface area contributed by atoms with E-state index in [-0.39, 0.29) is 19.1 Å². The lowest BCUT2D eigenvalue weighted by Gasteiger charge is -2.08. The predicted molar refractivity (Wildman–Crippen MR) is 53.7 cm³/mol. The van der Waals surface area contributed by atoms with Gasteiger partial charge in [-0.05, 0) is 12.8 Å². The third-order valence-corrected chi connectivity index (χ3v) is 2.09. The maximum atomic E-state index is 11.0. The maximum absolute atomic E-state index is 11.0. The minimum Gasteiger partial charge on any atom is -0.394 e. The summed E-state index contributed by atoms with van der Waals surface area (Å²) in [6.07, 6.45) is 1.44. The second-order valence-electron chi connectivity index (χ2n) is 2.79. The van der Waals surface area contributed by atoms with E-state index >= 15 is 0 Å². The molecule has 1 unspecified atom stereocenters. The Morgan fingerprint density at radius 1 is 1.46 bits per heavy atom. The highest BCUT2D eigenvalue weighted by atomic mass is 79.9. The third-order valence-electron chi connectivity index (χ3n) is 1.53. The zero-order valence-electron chi connectivity index (χ0n) is 7.50. The van der Waals surface area contributed by atoms with Crippen LogP contribution < -0.4 is 5.32 Å². The summed E-state index contributed by atoms with van der Waals surface area (Å²) in [7, 11) is 0. The molecule has 3 N–H and O–H groups in total. The number of rotatable bonds is 7. The van der Waals surface area contributed by atoms with Crippen LogP contribution in [0.3, 0.4) is 0 Å². The second kappa shape index (κ2) is 8.47. The van der Waals surface area contributed by atoms with Crippen LogP contribution in [0.25, 0.3) is 0 Å². The molecule has 78 valence electrons. The van der Waals surface area contributed by atoms with Crippen LogP contribution in [0, 0.1) is 0 Å². The van der Waals surface area contributed by atoms with Gasteiger partial charge in [0.05, 0.1) is 12.7 Å². The van der Waals surface area contributed by atoms with Crippen LogP contribution in [0.2, 0.25) is 0 Å². The fraction of sp³-hybridized carbons (Fsp3) is 0.875. The quantitative estimate of drug-likeness (QED) is 0.443. The molecule has 0 bridgehead atoms. The van der Waals surface area contributed by atoms with Gasteiger partial charge in [-0.3, -0.25) is 4.79 Å². The number of aliphatic hydroxyl groups is 2. The van der Waals surface area contributed by atoms with Crippen molar-refractivity contribution in [1.29, 1.82) is 0 Å². The van der Waals surface area contributed by atoms with E-state index in [1.807, 2.05) is 0 Å². The minimum atomic E-state index is -0.847. The molecule has 0 fully saturated rings. The van der Waals surface area contributed by atoms with Gasteiger partial charge in [-0.15, -0.1) is 0 Å². The van der Waals surface area contributed by atoms with E-state index in [9.17, 15) is 4.79 Å². The molecule has 0 heterocycles. The highest BCUT2D eigenvalue weighted by Gasteiger charge is 2.04. The van der Waals surface area contributed by atoms with E-state index in [1.165, 1.54) is 0 Å². The van der Waals surface area contributed by atoms with Crippen LogP contribution >= 0.6 is 15.9 Å². The van der Waals surface area contributed by atoms with Gasteiger partial charge in [0.2, 0.25) is 5.91 Å². The summed E-state index contributed by atoms with van der Waals surface area (Å²) in [6, 6.07) is 0. The lowest BCUT2D eigenvalue weighted by molar-refractivity contribution is -0.121. The lowest BCUT2D eigenvalue weighted by atomic mass is 10.2. The summed E-state index contributed by atoms with van der Waals surface area (Å²) >= 11 is 3.27. The molecule has 1 amide bonds. The minimum absolute atomic E-state index is 0.0755. The normalized spacial score (nSPS) is 12.5. The van der Waals surface area contributed by atoms with Crippen LogP contribution in [0.1, 0.15) is 19.3 Å². The largest absolute Gasteiger partial charge is 0.394 e. The molecule has 4 nitrogen and oxygen atoms in total. The van der Waals surface area contributed by atoms with Crippen molar-refractivity contribution in [3.63, 3.8) is 0 Å². The molecule has 0 aliphatic rings. The molecule has 0 spiro atoms. The number of hydrogen-bond acceptors (Lipinski definition) is 3. The molecule has 0 aromatic carbocycles. The number of nitrogens with one attached hydrogen (secondary N) is 1. The first-order chi connectivity index (χ1) is 6.20. The Bertz CT molecular complexity index is 143. The Hall–Kier alpha value is -0.130. The van der Waals surface area contributed by atoms with Crippen molar-refractivity contribution in [2.45, 2.75) is 25.4 Å². The number of amides is 1. The van der Waals surface area contributed by atoms with E-state index in [0.29, 0.717) is 6.42 Å². The third kappa shape index (κ3) is 8.21. The molecule has 0 saturated carbocycles. The molecule has 0 rings (SSSR count).